The molecule has 6 heteroatoms. The Morgan fingerprint density at radius 3 is 2.96 bits per heavy atom. The Kier molecular flexibility index (Phi) is 4.42. The largest absolute Gasteiger partial charge is 0.334 e. The first-order valence-corrected chi connectivity index (χ1v) is 9.21. The summed E-state index contributed by atoms with van der Waals surface area (Å²) in [5, 5.41) is 7.28. The molecule has 132 valence electrons. The van der Waals surface area contributed by atoms with Gasteiger partial charge in [-0.25, -0.2) is 9.78 Å². The Labute approximate surface area is 148 Å². The molecule has 2 aliphatic carbocycles. The first kappa shape index (κ1) is 16.1. The summed E-state index contributed by atoms with van der Waals surface area (Å²) in [5.74, 6) is 0. The van der Waals surface area contributed by atoms with Gasteiger partial charge in [0.1, 0.15) is 12.7 Å². The minimum absolute atomic E-state index is 0.00860. The number of aryl methyl sites for hydroxylation is 1. The lowest BCUT2D eigenvalue weighted by Crippen LogP contribution is -2.48. The second-order valence-corrected chi connectivity index (χ2v) is 7.21. The molecule has 1 fully saturated rings. The molecule has 25 heavy (non-hydrogen) atoms. The third-order valence-corrected chi connectivity index (χ3v) is 5.15. The van der Waals surface area contributed by atoms with Crippen molar-refractivity contribution in [1.82, 2.24) is 25.0 Å². The van der Waals surface area contributed by atoms with E-state index >= 15 is 0 Å². The fourth-order valence-electron chi connectivity index (χ4n) is 3.87. The van der Waals surface area contributed by atoms with Crippen molar-refractivity contribution in [2.75, 3.05) is 0 Å². The van der Waals surface area contributed by atoms with E-state index in [2.05, 4.69) is 44.6 Å². The molecular weight excluding hydrogens is 314 g/mol. The van der Waals surface area contributed by atoms with E-state index in [1.165, 1.54) is 17.5 Å². The monoisotopic (exact) mass is 339 g/mol. The van der Waals surface area contributed by atoms with Crippen LogP contribution in [0.2, 0.25) is 0 Å². The fraction of sp³-hybridized carbons (Fsp3) is 0.526. The van der Waals surface area contributed by atoms with Gasteiger partial charge in [0.15, 0.2) is 0 Å². The average molecular weight is 339 g/mol. The van der Waals surface area contributed by atoms with E-state index in [0.717, 1.165) is 32.1 Å². The third-order valence-electron chi connectivity index (χ3n) is 5.15. The molecule has 4 rings (SSSR count). The van der Waals surface area contributed by atoms with Gasteiger partial charge in [-0.2, -0.15) is 5.10 Å². The van der Waals surface area contributed by atoms with Gasteiger partial charge in [-0.15, -0.1) is 0 Å². The highest BCUT2D eigenvalue weighted by Gasteiger charge is 2.39. The average Bonchev–Trinajstić information content (AvgIpc) is 3.31. The second-order valence-electron chi connectivity index (χ2n) is 7.21. The molecule has 1 N–H and O–H groups in total. The molecule has 2 amide bonds. The number of amides is 2. The summed E-state index contributed by atoms with van der Waals surface area (Å²) in [7, 11) is 0. The molecule has 2 aliphatic rings. The number of hydrogen-bond acceptors (Lipinski definition) is 3. The van der Waals surface area contributed by atoms with Crippen molar-refractivity contribution < 1.29 is 4.79 Å². The lowest BCUT2D eigenvalue weighted by Gasteiger charge is -2.36. The van der Waals surface area contributed by atoms with Crippen LogP contribution in [0.3, 0.4) is 0 Å². The summed E-state index contributed by atoms with van der Waals surface area (Å²) in [5.41, 5.74) is 2.73. The summed E-state index contributed by atoms with van der Waals surface area (Å²) in [6.07, 6.45) is 8.75. The standard InChI is InChI=1S/C19H25N5O/c1-14(11-23-13-20-12-21-23)22-19(25)24(16-9-10-16)18-8-4-6-15-5-2-3-7-17(15)18/h2-3,5,7,12-14,16,18H,4,6,8-11H2,1H3,(H,22,25)/t14-,18+/m0/s1. The van der Waals surface area contributed by atoms with Crippen molar-refractivity contribution in [3.63, 3.8) is 0 Å². The molecule has 2 aromatic rings. The summed E-state index contributed by atoms with van der Waals surface area (Å²) in [6.45, 7) is 2.64. The number of nitrogens with one attached hydrogen (secondary N) is 1. The quantitative estimate of drug-likeness (QED) is 0.911. The number of urea groups is 1. The first-order chi connectivity index (χ1) is 12.2. The zero-order valence-electron chi connectivity index (χ0n) is 14.6. The van der Waals surface area contributed by atoms with Gasteiger partial charge in [0.05, 0.1) is 12.6 Å². The van der Waals surface area contributed by atoms with E-state index in [4.69, 9.17) is 0 Å². The minimum Gasteiger partial charge on any atom is -0.334 e. The maximum absolute atomic E-state index is 13.0. The van der Waals surface area contributed by atoms with Gasteiger partial charge in [-0.1, -0.05) is 24.3 Å². The van der Waals surface area contributed by atoms with E-state index in [-0.39, 0.29) is 18.1 Å². The van der Waals surface area contributed by atoms with Crippen LogP contribution >= 0.6 is 0 Å². The van der Waals surface area contributed by atoms with Gasteiger partial charge in [0.25, 0.3) is 0 Å². The predicted molar refractivity (Wildman–Crippen MR) is 95.0 cm³/mol. The lowest BCUT2D eigenvalue weighted by molar-refractivity contribution is 0.158. The Hall–Kier alpha value is -2.37. The van der Waals surface area contributed by atoms with Crippen LogP contribution in [0.4, 0.5) is 4.79 Å². The van der Waals surface area contributed by atoms with Crippen molar-refractivity contribution in [3.8, 4) is 0 Å². The van der Waals surface area contributed by atoms with E-state index in [9.17, 15) is 4.79 Å². The van der Waals surface area contributed by atoms with Gasteiger partial charge in [0, 0.05) is 12.1 Å². The maximum atomic E-state index is 13.0. The highest BCUT2D eigenvalue weighted by Crippen LogP contribution is 2.40. The maximum Gasteiger partial charge on any atom is 0.318 e. The van der Waals surface area contributed by atoms with Crippen LogP contribution < -0.4 is 5.32 Å². The van der Waals surface area contributed by atoms with E-state index < -0.39 is 0 Å². The van der Waals surface area contributed by atoms with Gasteiger partial charge in [-0.3, -0.25) is 4.68 Å². The topological polar surface area (TPSA) is 63.1 Å². The van der Waals surface area contributed by atoms with Gasteiger partial charge in [-0.05, 0) is 50.2 Å². The van der Waals surface area contributed by atoms with Crippen LogP contribution in [0.1, 0.15) is 49.8 Å². The summed E-state index contributed by atoms with van der Waals surface area (Å²) in [4.78, 5) is 19.1. The summed E-state index contributed by atoms with van der Waals surface area (Å²) >= 11 is 0. The van der Waals surface area contributed by atoms with E-state index in [1.54, 1.807) is 11.0 Å². The molecule has 1 saturated carbocycles. The Morgan fingerprint density at radius 1 is 1.36 bits per heavy atom. The zero-order valence-corrected chi connectivity index (χ0v) is 14.6. The van der Waals surface area contributed by atoms with Gasteiger partial charge < -0.3 is 10.2 Å². The molecule has 0 spiro atoms. The molecular formula is C19H25N5O. The molecule has 0 aliphatic heterocycles. The van der Waals surface area contributed by atoms with Crippen LogP contribution in [0.25, 0.3) is 0 Å². The van der Waals surface area contributed by atoms with Crippen LogP contribution in [0.15, 0.2) is 36.9 Å². The van der Waals surface area contributed by atoms with Crippen molar-refractivity contribution in [2.24, 2.45) is 0 Å². The summed E-state index contributed by atoms with van der Waals surface area (Å²) in [6, 6.07) is 9.24. The van der Waals surface area contributed by atoms with Crippen LogP contribution in [-0.2, 0) is 13.0 Å². The number of rotatable bonds is 5. The molecule has 0 unspecified atom stereocenters. The molecule has 0 bridgehead atoms. The van der Waals surface area contributed by atoms with E-state index in [1.807, 2.05) is 6.92 Å². The highest BCUT2D eigenvalue weighted by atomic mass is 16.2. The Balaban J connectivity index is 1.49. The minimum atomic E-state index is 0.00860. The highest BCUT2D eigenvalue weighted by molar-refractivity contribution is 5.76. The number of aromatic nitrogens is 3. The molecule has 0 saturated heterocycles. The van der Waals surface area contributed by atoms with Crippen LogP contribution in [0, 0.1) is 0 Å². The third kappa shape index (κ3) is 3.52. The number of benzene rings is 1. The summed E-state index contributed by atoms with van der Waals surface area (Å²) < 4.78 is 1.75. The van der Waals surface area contributed by atoms with Crippen LogP contribution in [-0.4, -0.2) is 37.8 Å². The van der Waals surface area contributed by atoms with Crippen molar-refractivity contribution in [1.29, 1.82) is 0 Å². The number of hydrogen-bond donors (Lipinski definition) is 1. The number of nitrogens with zero attached hydrogens (tertiary/aromatic N) is 4. The lowest BCUT2D eigenvalue weighted by atomic mass is 9.87. The van der Waals surface area contributed by atoms with Crippen molar-refractivity contribution in [3.05, 3.63) is 48.0 Å². The molecule has 0 radical (unpaired) electrons. The normalized spacial score (nSPS) is 20.6. The van der Waals surface area contributed by atoms with Gasteiger partial charge >= 0.3 is 6.03 Å². The van der Waals surface area contributed by atoms with Crippen LogP contribution in [0.5, 0.6) is 0 Å². The second kappa shape index (κ2) is 6.86. The zero-order chi connectivity index (χ0) is 17.2. The number of fused-ring (bicyclic) bond motifs is 1. The first-order valence-electron chi connectivity index (χ1n) is 9.21. The molecule has 2 atom stereocenters. The number of carbonyl (C=O) groups excluding carboxylic acids is 1. The predicted octanol–water partition coefficient (Wildman–Crippen LogP) is 2.92. The van der Waals surface area contributed by atoms with E-state index in [0.29, 0.717) is 12.6 Å². The Morgan fingerprint density at radius 2 is 2.20 bits per heavy atom. The SMILES string of the molecule is C[C@@H](Cn1cncn1)NC(=O)N(C1CC1)[C@@H]1CCCc2ccccc21. The molecule has 1 aromatic carbocycles. The van der Waals surface area contributed by atoms with Crippen molar-refractivity contribution >= 4 is 6.03 Å². The molecule has 1 aromatic heterocycles. The number of carbonyl (C=O) groups is 1. The van der Waals surface area contributed by atoms with Crippen molar-refractivity contribution in [2.45, 2.75) is 63.7 Å². The fourth-order valence-corrected chi connectivity index (χ4v) is 3.87. The smallest absolute Gasteiger partial charge is 0.318 e. The van der Waals surface area contributed by atoms with Gasteiger partial charge in [0.2, 0.25) is 0 Å². The molecule has 1 heterocycles. The Bertz CT molecular complexity index is 725. The molecule has 6 nitrogen and oxygen atoms in total.